The van der Waals surface area contributed by atoms with E-state index < -0.39 is 23.7 Å². The number of hydrogen-bond acceptors (Lipinski definition) is 3. The van der Waals surface area contributed by atoms with Gasteiger partial charge in [0.05, 0.1) is 29.5 Å². The number of fused-ring (bicyclic) bond motifs is 1. The lowest BCUT2D eigenvalue weighted by Gasteiger charge is -2.29. The van der Waals surface area contributed by atoms with Gasteiger partial charge in [-0.1, -0.05) is 30.3 Å². The van der Waals surface area contributed by atoms with Crippen molar-refractivity contribution in [1.82, 2.24) is 15.1 Å². The minimum Gasteiger partial charge on any atom is -0.347 e. The number of hydrogen-bond donors (Lipinski definition) is 1. The van der Waals surface area contributed by atoms with E-state index in [9.17, 15) is 14.0 Å². The van der Waals surface area contributed by atoms with Crippen LogP contribution in [0.4, 0.5) is 14.5 Å². The standard InChI is InChI=1S/C28H24F2N4O2/c1-28(30)25(32-26(35)18-7-8-18)24(17-5-3-2-4-6-17)33(27(28)36)22-13-14-23-19(15-22)16-31-34(23)21-11-9-20(29)10-12-21/h2-6,9-16,18,24-25H,7-8H2,1H3,(H,32,35)/t24?,25-,28-/m1/s1. The van der Waals surface area contributed by atoms with Gasteiger partial charge >= 0.3 is 0 Å². The molecule has 1 aromatic heterocycles. The molecule has 6 nitrogen and oxygen atoms in total. The fourth-order valence-corrected chi connectivity index (χ4v) is 5.00. The Balaban J connectivity index is 1.43. The number of carbonyl (C=O) groups is 2. The average molecular weight is 487 g/mol. The Hall–Kier alpha value is -4.07. The molecule has 0 radical (unpaired) electrons. The molecule has 1 unspecified atom stereocenters. The maximum atomic E-state index is 16.1. The van der Waals surface area contributed by atoms with Gasteiger partial charge in [0.1, 0.15) is 5.82 Å². The second kappa shape index (κ2) is 8.26. The van der Waals surface area contributed by atoms with E-state index in [2.05, 4.69) is 10.4 Å². The van der Waals surface area contributed by atoms with Crippen molar-refractivity contribution < 1.29 is 18.4 Å². The summed E-state index contributed by atoms with van der Waals surface area (Å²) < 4.78 is 31.2. The van der Waals surface area contributed by atoms with Crippen LogP contribution in [0.2, 0.25) is 0 Å². The van der Waals surface area contributed by atoms with Crippen molar-refractivity contribution in [3.63, 3.8) is 0 Å². The van der Waals surface area contributed by atoms with Crippen LogP contribution in [0, 0.1) is 11.7 Å². The molecule has 3 atom stereocenters. The number of amides is 2. The maximum absolute atomic E-state index is 16.1. The minimum absolute atomic E-state index is 0.116. The zero-order valence-corrected chi connectivity index (χ0v) is 19.6. The molecule has 0 spiro atoms. The fourth-order valence-electron chi connectivity index (χ4n) is 5.00. The first-order valence-electron chi connectivity index (χ1n) is 12.0. The molecule has 0 bridgehead atoms. The van der Waals surface area contributed by atoms with Gasteiger partial charge in [0, 0.05) is 17.0 Å². The van der Waals surface area contributed by atoms with Crippen LogP contribution in [0.3, 0.4) is 0 Å². The van der Waals surface area contributed by atoms with Gasteiger partial charge in [-0.25, -0.2) is 13.5 Å². The molecule has 6 rings (SSSR count). The third kappa shape index (κ3) is 3.64. The van der Waals surface area contributed by atoms with Crippen molar-refractivity contribution in [3.8, 4) is 5.69 Å². The van der Waals surface area contributed by atoms with E-state index in [1.807, 2.05) is 36.4 Å². The summed E-state index contributed by atoms with van der Waals surface area (Å²) in [6, 6.07) is 18.8. The highest BCUT2D eigenvalue weighted by atomic mass is 19.1. The predicted molar refractivity (Wildman–Crippen MR) is 132 cm³/mol. The van der Waals surface area contributed by atoms with Crippen LogP contribution in [-0.2, 0) is 9.59 Å². The molecule has 1 N–H and O–H groups in total. The number of carbonyl (C=O) groups excluding carboxylic acids is 2. The van der Waals surface area contributed by atoms with Gasteiger partial charge in [-0.15, -0.1) is 0 Å². The summed E-state index contributed by atoms with van der Waals surface area (Å²) in [4.78, 5) is 27.6. The lowest BCUT2D eigenvalue weighted by atomic mass is 9.92. The van der Waals surface area contributed by atoms with Crippen molar-refractivity contribution >= 4 is 28.4 Å². The van der Waals surface area contributed by atoms with E-state index in [-0.39, 0.29) is 17.6 Å². The van der Waals surface area contributed by atoms with Crippen LogP contribution in [0.15, 0.2) is 79.0 Å². The molecule has 2 aliphatic rings. The normalized spacial score (nSPS) is 23.9. The molecule has 1 saturated heterocycles. The van der Waals surface area contributed by atoms with E-state index >= 15 is 4.39 Å². The molecule has 4 aromatic rings. The van der Waals surface area contributed by atoms with Gasteiger partial charge in [0.25, 0.3) is 5.91 Å². The molecule has 36 heavy (non-hydrogen) atoms. The zero-order valence-electron chi connectivity index (χ0n) is 19.6. The average Bonchev–Trinajstić information content (AvgIpc) is 3.62. The molecular weight excluding hydrogens is 462 g/mol. The van der Waals surface area contributed by atoms with E-state index in [4.69, 9.17) is 0 Å². The van der Waals surface area contributed by atoms with Crippen LogP contribution in [-0.4, -0.2) is 33.3 Å². The molecule has 1 aliphatic carbocycles. The largest absolute Gasteiger partial charge is 0.347 e. The third-order valence-electron chi connectivity index (χ3n) is 7.10. The van der Waals surface area contributed by atoms with Gasteiger partial charge in [0.15, 0.2) is 0 Å². The molecule has 8 heteroatoms. The second-order valence-corrected chi connectivity index (χ2v) is 9.64. The highest BCUT2D eigenvalue weighted by Crippen LogP contribution is 2.45. The number of anilines is 1. The smallest absolute Gasteiger partial charge is 0.267 e. The maximum Gasteiger partial charge on any atom is 0.267 e. The molecular formula is C28H24F2N4O2. The molecule has 2 amide bonds. The fraction of sp³-hybridized carbons (Fsp3) is 0.250. The quantitative estimate of drug-likeness (QED) is 0.438. The summed E-state index contributed by atoms with van der Waals surface area (Å²) >= 11 is 0. The van der Waals surface area contributed by atoms with Crippen LogP contribution in [0.1, 0.15) is 31.4 Å². The van der Waals surface area contributed by atoms with Gasteiger partial charge in [0.2, 0.25) is 11.6 Å². The molecule has 1 aliphatic heterocycles. The van der Waals surface area contributed by atoms with E-state index in [0.717, 1.165) is 29.3 Å². The molecule has 1 saturated carbocycles. The van der Waals surface area contributed by atoms with Crippen molar-refractivity contribution in [2.75, 3.05) is 4.90 Å². The van der Waals surface area contributed by atoms with E-state index in [0.29, 0.717) is 11.4 Å². The highest BCUT2D eigenvalue weighted by molar-refractivity contribution is 6.05. The molecule has 3 aromatic carbocycles. The summed E-state index contributed by atoms with van der Waals surface area (Å²) in [5.74, 6) is -1.37. The van der Waals surface area contributed by atoms with Gasteiger partial charge in [-0.3, -0.25) is 14.5 Å². The topological polar surface area (TPSA) is 67.2 Å². The summed E-state index contributed by atoms with van der Waals surface area (Å²) in [6.07, 6.45) is 3.22. The van der Waals surface area contributed by atoms with Gasteiger partial charge < -0.3 is 5.32 Å². The number of alkyl halides is 1. The van der Waals surface area contributed by atoms with E-state index in [1.54, 1.807) is 35.1 Å². The predicted octanol–water partition coefficient (Wildman–Crippen LogP) is 4.88. The number of halogens is 2. The number of benzene rings is 3. The number of aromatic nitrogens is 2. The lowest BCUT2D eigenvalue weighted by Crippen LogP contribution is -2.50. The van der Waals surface area contributed by atoms with Crippen molar-refractivity contribution in [1.29, 1.82) is 0 Å². The molecule has 182 valence electrons. The van der Waals surface area contributed by atoms with Crippen LogP contribution in [0.5, 0.6) is 0 Å². The van der Waals surface area contributed by atoms with Crippen LogP contribution in [0.25, 0.3) is 16.6 Å². The second-order valence-electron chi connectivity index (χ2n) is 9.64. The Morgan fingerprint density at radius 2 is 1.72 bits per heavy atom. The number of nitrogens with zero attached hydrogens (tertiary/aromatic N) is 3. The monoisotopic (exact) mass is 486 g/mol. The third-order valence-corrected chi connectivity index (χ3v) is 7.10. The Morgan fingerprint density at radius 1 is 1.03 bits per heavy atom. The van der Waals surface area contributed by atoms with Crippen molar-refractivity contribution in [2.45, 2.75) is 37.5 Å². The Kier molecular flexibility index (Phi) is 5.14. The van der Waals surface area contributed by atoms with Crippen LogP contribution >= 0.6 is 0 Å². The first kappa shape index (κ1) is 22.4. The highest BCUT2D eigenvalue weighted by Gasteiger charge is 2.59. The van der Waals surface area contributed by atoms with Crippen molar-refractivity contribution in [2.24, 2.45) is 5.92 Å². The Morgan fingerprint density at radius 3 is 2.42 bits per heavy atom. The molecule has 2 heterocycles. The van der Waals surface area contributed by atoms with Gasteiger partial charge in [-0.2, -0.15) is 5.10 Å². The molecule has 2 fully saturated rings. The Labute approximate surface area is 206 Å². The summed E-state index contributed by atoms with van der Waals surface area (Å²) in [6.45, 7) is 1.24. The SMILES string of the molecule is C[C@]1(F)C(=O)N(c2ccc3c(cnn3-c3ccc(F)cc3)c2)C(c2ccccc2)[C@H]1NC(=O)C1CC1. The van der Waals surface area contributed by atoms with Gasteiger partial charge in [-0.05, 0) is 67.8 Å². The number of nitrogens with one attached hydrogen (secondary N) is 1. The first-order chi connectivity index (χ1) is 17.3. The minimum atomic E-state index is -2.29. The summed E-state index contributed by atoms with van der Waals surface area (Å²) in [7, 11) is 0. The Bertz CT molecular complexity index is 1460. The van der Waals surface area contributed by atoms with E-state index in [1.165, 1.54) is 24.0 Å². The summed E-state index contributed by atoms with van der Waals surface area (Å²) in [5, 5.41) is 8.02. The zero-order chi connectivity index (χ0) is 25.0. The van der Waals surface area contributed by atoms with Crippen LogP contribution < -0.4 is 10.2 Å². The summed E-state index contributed by atoms with van der Waals surface area (Å²) in [5.41, 5.74) is 0.397. The lowest BCUT2D eigenvalue weighted by molar-refractivity contribution is -0.128. The van der Waals surface area contributed by atoms with Crippen molar-refractivity contribution in [3.05, 3.63) is 90.4 Å². The first-order valence-corrected chi connectivity index (χ1v) is 12.0. The number of rotatable bonds is 5.